The van der Waals surface area contributed by atoms with Crippen molar-refractivity contribution in [3.05, 3.63) is 0 Å². The average molecular weight is 219 g/mol. The molecule has 0 spiro atoms. The molecule has 0 atom stereocenters. The van der Waals surface area contributed by atoms with E-state index in [2.05, 4.69) is 5.32 Å². The number of nitrogens with one attached hydrogen (secondary N) is 1. The maximum atomic E-state index is 11.2. The van der Waals surface area contributed by atoms with Gasteiger partial charge in [0.2, 0.25) is 0 Å². The summed E-state index contributed by atoms with van der Waals surface area (Å²) in [5.41, 5.74) is -0.0637. The van der Waals surface area contributed by atoms with Gasteiger partial charge < -0.3 is 10.4 Å². The van der Waals surface area contributed by atoms with Crippen LogP contribution in [0.1, 0.15) is 25.7 Å². The van der Waals surface area contributed by atoms with E-state index in [-0.39, 0.29) is 18.2 Å². The van der Waals surface area contributed by atoms with Gasteiger partial charge in [-0.05, 0) is 25.7 Å². The highest BCUT2D eigenvalue weighted by Gasteiger charge is 2.43. The smallest absolute Gasteiger partial charge is 0.150 e. The fourth-order valence-corrected chi connectivity index (χ4v) is 3.46. The van der Waals surface area contributed by atoms with Gasteiger partial charge in [-0.3, -0.25) is 0 Å². The maximum absolute atomic E-state index is 11.2. The summed E-state index contributed by atoms with van der Waals surface area (Å²) in [7, 11) is -2.76. The standard InChI is InChI=1S/C9H17NO3S/c11-7-9(3-4-9)10-8-1-5-14(12,13)6-2-8/h8,10-11H,1-7H2. The van der Waals surface area contributed by atoms with Crippen molar-refractivity contribution in [2.45, 2.75) is 37.3 Å². The van der Waals surface area contributed by atoms with Crippen molar-refractivity contribution in [3.8, 4) is 0 Å². The van der Waals surface area contributed by atoms with Gasteiger partial charge in [0.1, 0.15) is 9.84 Å². The summed E-state index contributed by atoms with van der Waals surface area (Å²) >= 11 is 0. The number of hydrogen-bond donors (Lipinski definition) is 2. The first-order valence-electron chi connectivity index (χ1n) is 5.14. The van der Waals surface area contributed by atoms with Gasteiger partial charge in [0.05, 0.1) is 18.1 Å². The summed E-state index contributed by atoms with van der Waals surface area (Å²) in [5, 5.41) is 12.5. The van der Waals surface area contributed by atoms with Crippen LogP contribution in [0.25, 0.3) is 0 Å². The van der Waals surface area contributed by atoms with Crippen molar-refractivity contribution >= 4 is 9.84 Å². The van der Waals surface area contributed by atoms with Gasteiger partial charge >= 0.3 is 0 Å². The molecule has 1 heterocycles. The molecule has 1 saturated heterocycles. The molecular weight excluding hydrogens is 202 g/mol. The third kappa shape index (κ3) is 2.27. The Morgan fingerprint density at radius 3 is 2.29 bits per heavy atom. The van der Waals surface area contributed by atoms with Gasteiger partial charge in [-0.2, -0.15) is 0 Å². The molecule has 82 valence electrons. The summed E-state index contributed by atoms with van der Waals surface area (Å²) in [4.78, 5) is 0. The Balaban J connectivity index is 1.84. The topological polar surface area (TPSA) is 66.4 Å². The van der Waals surface area contributed by atoms with Crippen molar-refractivity contribution in [2.75, 3.05) is 18.1 Å². The fraction of sp³-hybridized carbons (Fsp3) is 1.00. The molecule has 2 fully saturated rings. The summed E-state index contributed by atoms with van der Waals surface area (Å²) in [5.74, 6) is 0.596. The van der Waals surface area contributed by atoms with E-state index in [1.165, 1.54) is 0 Å². The number of sulfone groups is 1. The molecule has 4 nitrogen and oxygen atoms in total. The van der Waals surface area contributed by atoms with Crippen LogP contribution in [-0.2, 0) is 9.84 Å². The van der Waals surface area contributed by atoms with Crippen LogP contribution in [0.15, 0.2) is 0 Å². The number of hydrogen-bond acceptors (Lipinski definition) is 4. The lowest BCUT2D eigenvalue weighted by Crippen LogP contribution is -2.46. The highest BCUT2D eigenvalue weighted by Crippen LogP contribution is 2.36. The van der Waals surface area contributed by atoms with E-state index in [0.717, 1.165) is 12.8 Å². The van der Waals surface area contributed by atoms with Crippen molar-refractivity contribution in [3.63, 3.8) is 0 Å². The van der Waals surface area contributed by atoms with Gasteiger partial charge in [0.25, 0.3) is 0 Å². The molecular formula is C9H17NO3S. The summed E-state index contributed by atoms with van der Waals surface area (Å²) in [6.07, 6.45) is 3.44. The monoisotopic (exact) mass is 219 g/mol. The molecule has 2 aliphatic rings. The Hall–Kier alpha value is -0.130. The molecule has 0 bridgehead atoms. The van der Waals surface area contributed by atoms with Gasteiger partial charge in [-0.15, -0.1) is 0 Å². The minimum atomic E-state index is -2.76. The van der Waals surface area contributed by atoms with Crippen LogP contribution >= 0.6 is 0 Å². The average Bonchev–Trinajstić information content (AvgIpc) is 2.90. The van der Waals surface area contributed by atoms with Gasteiger partial charge in [-0.25, -0.2) is 8.42 Å². The molecule has 5 heteroatoms. The molecule has 0 radical (unpaired) electrons. The van der Waals surface area contributed by atoms with E-state index in [9.17, 15) is 8.42 Å². The Morgan fingerprint density at radius 1 is 1.29 bits per heavy atom. The van der Waals surface area contributed by atoms with Gasteiger partial charge in [0.15, 0.2) is 0 Å². The molecule has 0 aromatic rings. The SMILES string of the molecule is O=S1(=O)CCC(NC2(CO)CC2)CC1. The normalized spacial score (nSPS) is 30.1. The van der Waals surface area contributed by atoms with E-state index in [1.54, 1.807) is 0 Å². The second-order valence-electron chi connectivity index (χ2n) is 4.51. The van der Waals surface area contributed by atoms with E-state index in [4.69, 9.17) is 5.11 Å². The predicted octanol–water partition coefficient (Wildman–Crippen LogP) is -0.322. The first-order valence-corrected chi connectivity index (χ1v) is 6.96. The highest BCUT2D eigenvalue weighted by atomic mass is 32.2. The van der Waals surface area contributed by atoms with Crippen molar-refractivity contribution in [2.24, 2.45) is 0 Å². The molecule has 2 rings (SSSR count). The largest absolute Gasteiger partial charge is 0.394 e. The van der Waals surface area contributed by atoms with Crippen LogP contribution in [0, 0.1) is 0 Å². The molecule has 0 aromatic heterocycles. The molecule has 0 amide bonds. The number of aliphatic hydroxyl groups is 1. The molecule has 14 heavy (non-hydrogen) atoms. The first kappa shape index (κ1) is 10.4. The van der Waals surface area contributed by atoms with Crippen LogP contribution in [0.5, 0.6) is 0 Å². The van der Waals surface area contributed by atoms with Gasteiger partial charge in [-0.1, -0.05) is 0 Å². The van der Waals surface area contributed by atoms with Crippen molar-refractivity contribution < 1.29 is 13.5 Å². The lowest BCUT2D eigenvalue weighted by atomic mass is 10.1. The second kappa shape index (κ2) is 3.47. The van der Waals surface area contributed by atoms with Crippen LogP contribution < -0.4 is 5.32 Å². The zero-order chi connectivity index (χ0) is 10.2. The number of aliphatic hydroxyl groups excluding tert-OH is 1. The van der Waals surface area contributed by atoms with E-state index < -0.39 is 9.84 Å². The third-order valence-corrected chi connectivity index (χ3v) is 4.94. The zero-order valence-electron chi connectivity index (χ0n) is 8.20. The van der Waals surface area contributed by atoms with Crippen LogP contribution in [-0.4, -0.2) is 43.2 Å². The number of rotatable bonds is 3. The summed E-state index contributed by atoms with van der Waals surface area (Å²) < 4.78 is 22.3. The zero-order valence-corrected chi connectivity index (χ0v) is 9.02. The molecule has 0 aromatic carbocycles. The highest BCUT2D eigenvalue weighted by molar-refractivity contribution is 7.91. The maximum Gasteiger partial charge on any atom is 0.150 e. The van der Waals surface area contributed by atoms with Crippen molar-refractivity contribution in [1.29, 1.82) is 0 Å². The van der Waals surface area contributed by atoms with Crippen LogP contribution in [0.3, 0.4) is 0 Å². The van der Waals surface area contributed by atoms with Gasteiger partial charge in [0, 0.05) is 11.6 Å². The predicted molar refractivity (Wildman–Crippen MR) is 53.9 cm³/mol. The summed E-state index contributed by atoms with van der Waals surface area (Å²) in [6, 6.07) is 0.285. The van der Waals surface area contributed by atoms with E-state index in [0.29, 0.717) is 24.3 Å². The van der Waals surface area contributed by atoms with Crippen molar-refractivity contribution in [1.82, 2.24) is 5.32 Å². The molecule has 2 N–H and O–H groups in total. The third-order valence-electron chi connectivity index (χ3n) is 3.22. The fourth-order valence-electron chi connectivity index (χ4n) is 1.97. The van der Waals surface area contributed by atoms with E-state index in [1.807, 2.05) is 0 Å². The minimum Gasteiger partial charge on any atom is -0.394 e. The first-order chi connectivity index (χ1) is 6.55. The lowest BCUT2D eigenvalue weighted by molar-refractivity contribution is 0.215. The Bertz CT molecular complexity index is 294. The Kier molecular flexibility index (Phi) is 2.57. The molecule has 0 unspecified atom stereocenters. The quantitative estimate of drug-likeness (QED) is 0.682. The Morgan fingerprint density at radius 2 is 1.86 bits per heavy atom. The summed E-state index contributed by atoms with van der Waals surface area (Å²) in [6.45, 7) is 0.177. The molecule has 1 saturated carbocycles. The van der Waals surface area contributed by atoms with Crippen LogP contribution in [0.4, 0.5) is 0 Å². The lowest BCUT2D eigenvalue weighted by Gasteiger charge is -2.27. The minimum absolute atomic E-state index is 0.0637. The molecule has 1 aliphatic carbocycles. The molecule has 1 aliphatic heterocycles. The Labute approximate surface area is 84.6 Å². The second-order valence-corrected chi connectivity index (χ2v) is 6.81. The van der Waals surface area contributed by atoms with Crippen LogP contribution in [0.2, 0.25) is 0 Å². The van der Waals surface area contributed by atoms with E-state index >= 15 is 0 Å².